The van der Waals surface area contributed by atoms with E-state index in [1.54, 1.807) is 4.90 Å². The molecule has 2 amide bonds. The van der Waals surface area contributed by atoms with Gasteiger partial charge in [-0.2, -0.15) is 0 Å². The van der Waals surface area contributed by atoms with Crippen LogP contribution in [0, 0.1) is 20.8 Å². The molecular weight excluding hydrogens is 408 g/mol. The van der Waals surface area contributed by atoms with E-state index in [1.165, 1.54) is 5.56 Å². The SMILES string of the molecule is CCNC(=O)C(Cc1ccccc1)N(Cc1ccccc1C)C(=O)Cc1ccc(C)c(C)c1. The molecule has 33 heavy (non-hydrogen) atoms. The fourth-order valence-corrected chi connectivity index (χ4v) is 4.01. The molecule has 3 aromatic rings. The molecule has 0 aromatic heterocycles. The fraction of sp³-hybridized carbons (Fsp3) is 0.310. The third-order valence-electron chi connectivity index (χ3n) is 6.15. The standard InChI is InChI=1S/C29H34N2O2/c1-5-30-29(33)27(18-24-12-7-6-8-13-24)31(20-26-14-10-9-11-22(26)3)28(32)19-25-16-15-21(2)23(4)17-25/h6-17,27H,5,18-20H2,1-4H3,(H,30,33). The van der Waals surface area contributed by atoms with E-state index in [0.29, 0.717) is 19.5 Å². The second-order valence-electron chi connectivity index (χ2n) is 8.64. The Balaban J connectivity index is 1.97. The maximum Gasteiger partial charge on any atom is 0.243 e. The minimum absolute atomic E-state index is 0.0475. The van der Waals surface area contributed by atoms with Gasteiger partial charge in [-0.05, 0) is 61.1 Å². The van der Waals surface area contributed by atoms with Crippen LogP contribution in [0.2, 0.25) is 0 Å². The molecule has 1 unspecified atom stereocenters. The summed E-state index contributed by atoms with van der Waals surface area (Å²) >= 11 is 0. The summed E-state index contributed by atoms with van der Waals surface area (Å²) in [6, 6.07) is 23.5. The predicted octanol–water partition coefficient (Wildman–Crippen LogP) is 4.93. The minimum atomic E-state index is -0.592. The highest BCUT2D eigenvalue weighted by molar-refractivity contribution is 5.88. The van der Waals surface area contributed by atoms with Gasteiger partial charge in [0.15, 0.2) is 0 Å². The van der Waals surface area contributed by atoms with Gasteiger partial charge in [0.25, 0.3) is 0 Å². The average Bonchev–Trinajstić information content (AvgIpc) is 2.80. The van der Waals surface area contributed by atoms with Crippen LogP contribution < -0.4 is 5.32 Å². The highest BCUT2D eigenvalue weighted by Gasteiger charge is 2.30. The van der Waals surface area contributed by atoms with E-state index in [4.69, 9.17) is 0 Å². The third-order valence-corrected chi connectivity index (χ3v) is 6.15. The minimum Gasteiger partial charge on any atom is -0.355 e. The van der Waals surface area contributed by atoms with E-state index in [-0.39, 0.29) is 18.2 Å². The molecule has 0 saturated heterocycles. The maximum atomic E-state index is 13.7. The van der Waals surface area contributed by atoms with Crippen LogP contribution in [0.3, 0.4) is 0 Å². The normalized spacial score (nSPS) is 11.6. The number of carbonyl (C=O) groups excluding carboxylic acids is 2. The van der Waals surface area contributed by atoms with Gasteiger partial charge >= 0.3 is 0 Å². The van der Waals surface area contributed by atoms with Crippen LogP contribution in [0.1, 0.15) is 40.3 Å². The van der Waals surface area contributed by atoms with Gasteiger partial charge in [-0.25, -0.2) is 0 Å². The number of benzene rings is 3. The molecule has 1 N–H and O–H groups in total. The van der Waals surface area contributed by atoms with E-state index in [2.05, 4.69) is 31.3 Å². The number of nitrogens with one attached hydrogen (secondary N) is 1. The molecule has 0 aliphatic heterocycles. The lowest BCUT2D eigenvalue weighted by atomic mass is 9.99. The second kappa shape index (κ2) is 11.5. The van der Waals surface area contributed by atoms with Crippen LogP contribution in [-0.4, -0.2) is 29.3 Å². The van der Waals surface area contributed by atoms with E-state index >= 15 is 0 Å². The van der Waals surface area contributed by atoms with E-state index in [0.717, 1.165) is 27.8 Å². The van der Waals surface area contributed by atoms with Crippen molar-refractivity contribution in [1.82, 2.24) is 10.2 Å². The number of hydrogen-bond donors (Lipinski definition) is 1. The second-order valence-corrected chi connectivity index (χ2v) is 8.64. The Hall–Kier alpha value is -3.40. The van der Waals surface area contributed by atoms with Crippen LogP contribution in [0.4, 0.5) is 0 Å². The van der Waals surface area contributed by atoms with E-state index in [9.17, 15) is 9.59 Å². The first-order valence-corrected chi connectivity index (χ1v) is 11.6. The zero-order valence-corrected chi connectivity index (χ0v) is 20.1. The van der Waals surface area contributed by atoms with E-state index in [1.807, 2.05) is 74.5 Å². The quantitative estimate of drug-likeness (QED) is 0.511. The number of amides is 2. The lowest BCUT2D eigenvalue weighted by Gasteiger charge is -2.32. The molecule has 0 saturated carbocycles. The summed E-state index contributed by atoms with van der Waals surface area (Å²) in [4.78, 5) is 28.7. The van der Waals surface area contributed by atoms with Crippen LogP contribution in [0.15, 0.2) is 72.8 Å². The number of aryl methyl sites for hydroxylation is 3. The van der Waals surface area contributed by atoms with Crippen molar-refractivity contribution in [2.24, 2.45) is 0 Å². The molecule has 0 radical (unpaired) electrons. The van der Waals surface area contributed by atoms with Gasteiger partial charge in [-0.3, -0.25) is 9.59 Å². The summed E-state index contributed by atoms with van der Waals surface area (Å²) in [5, 5.41) is 2.95. The lowest BCUT2D eigenvalue weighted by Crippen LogP contribution is -2.51. The van der Waals surface area contributed by atoms with Crippen molar-refractivity contribution in [3.8, 4) is 0 Å². The van der Waals surface area contributed by atoms with Crippen molar-refractivity contribution in [1.29, 1.82) is 0 Å². The van der Waals surface area contributed by atoms with Gasteiger partial charge in [-0.15, -0.1) is 0 Å². The van der Waals surface area contributed by atoms with Crippen LogP contribution in [-0.2, 0) is 29.0 Å². The zero-order chi connectivity index (χ0) is 23.8. The van der Waals surface area contributed by atoms with Gasteiger partial charge in [-0.1, -0.05) is 72.8 Å². The molecule has 4 nitrogen and oxygen atoms in total. The monoisotopic (exact) mass is 442 g/mol. The molecule has 3 aromatic carbocycles. The molecule has 4 heteroatoms. The third kappa shape index (κ3) is 6.55. The van der Waals surface area contributed by atoms with Crippen LogP contribution in [0.25, 0.3) is 0 Å². The first-order valence-electron chi connectivity index (χ1n) is 11.6. The number of hydrogen-bond acceptors (Lipinski definition) is 2. The van der Waals surface area contributed by atoms with Crippen molar-refractivity contribution in [3.63, 3.8) is 0 Å². The Kier molecular flexibility index (Phi) is 8.42. The van der Waals surface area contributed by atoms with Gasteiger partial charge < -0.3 is 10.2 Å². The molecule has 0 aliphatic rings. The number of rotatable bonds is 9. The van der Waals surface area contributed by atoms with Crippen LogP contribution in [0.5, 0.6) is 0 Å². The highest BCUT2D eigenvalue weighted by Crippen LogP contribution is 2.19. The van der Waals surface area contributed by atoms with Crippen molar-refractivity contribution in [2.45, 2.75) is 53.1 Å². The fourth-order valence-electron chi connectivity index (χ4n) is 4.01. The van der Waals surface area contributed by atoms with Crippen molar-refractivity contribution < 1.29 is 9.59 Å². The van der Waals surface area contributed by atoms with Crippen molar-refractivity contribution >= 4 is 11.8 Å². The molecule has 3 rings (SSSR count). The summed E-state index contributed by atoms with van der Waals surface area (Å²) < 4.78 is 0. The first-order chi connectivity index (χ1) is 15.9. The first kappa shape index (κ1) is 24.2. The number of nitrogens with zero attached hydrogens (tertiary/aromatic N) is 1. The van der Waals surface area contributed by atoms with Crippen molar-refractivity contribution in [3.05, 3.63) is 106 Å². The molecule has 172 valence electrons. The van der Waals surface area contributed by atoms with E-state index < -0.39 is 6.04 Å². The largest absolute Gasteiger partial charge is 0.355 e. The van der Waals surface area contributed by atoms with Gasteiger partial charge in [0.05, 0.1) is 6.42 Å². The molecular formula is C29H34N2O2. The Labute approximate surface area is 197 Å². The van der Waals surface area contributed by atoms with Gasteiger partial charge in [0, 0.05) is 19.5 Å². The topological polar surface area (TPSA) is 49.4 Å². The number of carbonyl (C=O) groups is 2. The van der Waals surface area contributed by atoms with Crippen molar-refractivity contribution in [2.75, 3.05) is 6.54 Å². The summed E-state index contributed by atoms with van der Waals surface area (Å²) in [5.41, 5.74) is 6.52. The molecule has 0 aliphatic carbocycles. The highest BCUT2D eigenvalue weighted by atomic mass is 16.2. The Morgan fingerprint density at radius 2 is 1.52 bits per heavy atom. The summed E-state index contributed by atoms with van der Waals surface area (Å²) in [6.45, 7) is 8.98. The Morgan fingerprint density at radius 3 is 2.18 bits per heavy atom. The van der Waals surface area contributed by atoms with Crippen LogP contribution >= 0.6 is 0 Å². The maximum absolute atomic E-state index is 13.7. The smallest absolute Gasteiger partial charge is 0.243 e. The number of likely N-dealkylation sites (N-methyl/N-ethyl adjacent to an activating group) is 1. The summed E-state index contributed by atoms with van der Waals surface area (Å²) in [5.74, 6) is -0.169. The molecule has 0 heterocycles. The molecule has 0 spiro atoms. The summed E-state index contributed by atoms with van der Waals surface area (Å²) in [7, 11) is 0. The molecule has 0 bridgehead atoms. The van der Waals surface area contributed by atoms with Gasteiger partial charge in [0.1, 0.15) is 6.04 Å². The summed E-state index contributed by atoms with van der Waals surface area (Å²) in [6.07, 6.45) is 0.731. The zero-order valence-electron chi connectivity index (χ0n) is 20.1. The van der Waals surface area contributed by atoms with Gasteiger partial charge in [0.2, 0.25) is 11.8 Å². The Morgan fingerprint density at radius 1 is 0.818 bits per heavy atom. The lowest BCUT2D eigenvalue weighted by molar-refractivity contribution is -0.140. The molecule has 0 fully saturated rings. The average molecular weight is 443 g/mol. The molecule has 1 atom stereocenters. The Bertz CT molecular complexity index is 1090. The predicted molar refractivity (Wildman–Crippen MR) is 134 cm³/mol.